The summed E-state index contributed by atoms with van der Waals surface area (Å²) >= 11 is 0. The number of nitrogens with zero attached hydrogens (tertiary/aromatic N) is 1. The molecule has 1 heterocycles. The van der Waals surface area contributed by atoms with Crippen LogP contribution in [-0.2, 0) is 13.1 Å². The Balaban J connectivity index is 1.18. The molecule has 2 aromatic carbocycles. The fraction of sp³-hybridized carbons (Fsp3) is 0.429. The van der Waals surface area contributed by atoms with E-state index in [0.717, 1.165) is 37.3 Å². The normalized spacial score (nSPS) is 24.2. The van der Waals surface area contributed by atoms with Gasteiger partial charge in [0.15, 0.2) is 0 Å². The van der Waals surface area contributed by atoms with Crippen molar-refractivity contribution in [3.63, 3.8) is 0 Å². The number of nitrogens with one attached hydrogen (secondary N) is 1. The lowest BCUT2D eigenvalue weighted by Gasteiger charge is -2.19. The van der Waals surface area contributed by atoms with E-state index in [9.17, 15) is 17.6 Å². The molecule has 3 nitrogen and oxygen atoms in total. The van der Waals surface area contributed by atoms with E-state index in [-0.39, 0.29) is 11.6 Å². The molecule has 0 spiro atoms. The van der Waals surface area contributed by atoms with Crippen molar-refractivity contribution in [1.82, 2.24) is 10.2 Å². The number of ether oxygens (including phenoxy) is 1. The summed E-state index contributed by atoms with van der Waals surface area (Å²) in [7, 11) is 0. The standard InChI is InChI=1S/C21H22F4N2O/c22-16-6-4-14(5-7-16)11-27-12-19-18(20(19)13-27)10-26-9-15-2-1-3-17(8-15)28-21(23,24)25/h1-8,18-20,26H,9-13H2. The van der Waals surface area contributed by atoms with Crippen molar-refractivity contribution >= 4 is 0 Å². The van der Waals surface area contributed by atoms with Crippen LogP contribution < -0.4 is 10.1 Å². The van der Waals surface area contributed by atoms with E-state index in [1.807, 2.05) is 12.1 Å². The highest BCUT2D eigenvalue weighted by Gasteiger charge is 2.54. The first kappa shape index (κ1) is 19.2. The molecule has 1 aliphatic heterocycles. The molecule has 0 bridgehead atoms. The summed E-state index contributed by atoms with van der Waals surface area (Å²) in [5.41, 5.74) is 1.89. The average molecular weight is 394 g/mol. The summed E-state index contributed by atoms with van der Waals surface area (Å²) in [5, 5.41) is 3.36. The van der Waals surface area contributed by atoms with E-state index in [4.69, 9.17) is 0 Å². The Morgan fingerprint density at radius 1 is 1.00 bits per heavy atom. The molecule has 4 rings (SSSR count). The lowest BCUT2D eigenvalue weighted by molar-refractivity contribution is -0.274. The minimum Gasteiger partial charge on any atom is -0.406 e. The highest BCUT2D eigenvalue weighted by Crippen LogP contribution is 2.51. The molecule has 2 atom stereocenters. The van der Waals surface area contributed by atoms with Gasteiger partial charge in [-0.1, -0.05) is 24.3 Å². The summed E-state index contributed by atoms with van der Waals surface area (Å²) in [5.74, 6) is 1.57. The Labute approximate surface area is 161 Å². The van der Waals surface area contributed by atoms with Crippen LogP contribution in [-0.4, -0.2) is 30.9 Å². The van der Waals surface area contributed by atoms with Gasteiger partial charge in [0.25, 0.3) is 0 Å². The number of halogens is 4. The molecule has 1 N–H and O–H groups in total. The van der Waals surface area contributed by atoms with Gasteiger partial charge in [-0.05, 0) is 59.7 Å². The molecule has 1 aliphatic carbocycles. The minimum atomic E-state index is -4.67. The first-order valence-electron chi connectivity index (χ1n) is 9.39. The molecule has 0 radical (unpaired) electrons. The van der Waals surface area contributed by atoms with E-state index < -0.39 is 6.36 Å². The molecule has 2 unspecified atom stereocenters. The van der Waals surface area contributed by atoms with Crippen LogP contribution in [0.25, 0.3) is 0 Å². The second kappa shape index (κ2) is 7.72. The Morgan fingerprint density at radius 2 is 1.71 bits per heavy atom. The van der Waals surface area contributed by atoms with Crippen molar-refractivity contribution in [2.45, 2.75) is 19.5 Å². The van der Waals surface area contributed by atoms with E-state index in [0.29, 0.717) is 24.3 Å². The monoisotopic (exact) mass is 394 g/mol. The molecule has 28 heavy (non-hydrogen) atoms. The van der Waals surface area contributed by atoms with Gasteiger partial charge in [0.2, 0.25) is 0 Å². The maximum atomic E-state index is 13.0. The number of fused-ring (bicyclic) bond motifs is 1. The van der Waals surface area contributed by atoms with Crippen LogP contribution in [0, 0.1) is 23.6 Å². The van der Waals surface area contributed by atoms with Crippen molar-refractivity contribution < 1.29 is 22.3 Å². The van der Waals surface area contributed by atoms with Gasteiger partial charge in [-0.2, -0.15) is 0 Å². The number of alkyl halides is 3. The average Bonchev–Trinajstić information content (AvgIpc) is 3.07. The third-order valence-corrected chi connectivity index (χ3v) is 5.61. The number of benzene rings is 2. The van der Waals surface area contributed by atoms with Crippen molar-refractivity contribution in [1.29, 1.82) is 0 Å². The Morgan fingerprint density at radius 3 is 2.39 bits per heavy atom. The van der Waals surface area contributed by atoms with Crippen LogP contribution >= 0.6 is 0 Å². The molecule has 2 aliphatic rings. The highest BCUT2D eigenvalue weighted by atomic mass is 19.4. The van der Waals surface area contributed by atoms with Crippen molar-refractivity contribution in [2.24, 2.45) is 17.8 Å². The van der Waals surface area contributed by atoms with Crippen LogP contribution in [0.5, 0.6) is 5.75 Å². The zero-order valence-electron chi connectivity index (χ0n) is 15.3. The summed E-state index contributed by atoms with van der Waals surface area (Å²) in [6, 6.07) is 12.7. The molecule has 2 fully saturated rings. The number of rotatable bonds is 7. The maximum absolute atomic E-state index is 13.0. The van der Waals surface area contributed by atoms with E-state index in [1.54, 1.807) is 12.1 Å². The molecule has 1 saturated heterocycles. The second-order valence-corrected chi connectivity index (χ2v) is 7.64. The minimum absolute atomic E-state index is 0.188. The highest BCUT2D eigenvalue weighted by molar-refractivity contribution is 5.28. The Kier molecular flexibility index (Phi) is 5.29. The first-order chi connectivity index (χ1) is 13.4. The van der Waals surface area contributed by atoms with Gasteiger partial charge in [0, 0.05) is 26.2 Å². The number of hydrogen-bond donors (Lipinski definition) is 1. The zero-order chi connectivity index (χ0) is 19.7. The van der Waals surface area contributed by atoms with Gasteiger partial charge in [-0.15, -0.1) is 13.2 Å². The molecule has 150 valence electrons. The first-order valence-corrected chi connectivity index (χ1v) is 9.39. The molecule has 2 aromatic rings. The molecular weight excluding hydrogens is 372 g/mol. The largest absolute Gasteiger partial charge is 0.573 e. The topological polar surface area (TPSA) is 24.5 Å². The van der Waals surface area contributed by atoms with E-state index in [2.05, 4.69) is 15.0 Å². The van der Waals surface area contributed by atoms with Crippen LogP contribution in [0.3, 0.4) is 0 Å². The molecule has 7 heteroatoms. The Bertz CT molecular complexity index is 797. The quantitative estimate of drug-likeness (QED) is 0.713. The summed E-state index contributed by atoms with van der Waals surface area (Å²) < 4.78 is 53.8. The van der Waals surface area contributed by atoms with Gasteiger partial charge in [-0.3, -0.25) is 4.90 Å². The predicted octanol–water partition coefficient (Wildman–Crippen LogP) is 4.19. The van der Waals surface area contributed by atoms with Gasteiger partial charge in [0.1, 0.15) is 11.6 Å². The second-order valence-electron chi connectivity index (χ2n) is 7.64. The predicted molar refractivity (Wildman–Crippen MR) is 97.0 cm³/mol. The van der Waals surface area contributed by atoms with Gasteiger partial charge in [-0.25, -0.2) is 4.39 Å². The SMILES string of the molecule is Fc1ccc(CN2CC3C(CNCc4cccc(OC(F)(F)F)c4)C3C2)cc1. The number of piperidine rings is 1. The van der Waals surface area contributed by atoms with Crippen molar-refractivity contribution in [2.75, 3.05) is 19.6 Å². The summed E-state index contributed by atoms with van der Waals surface area (Å²) in [6.45, 7) is 4.32. The van der Waals surface area contributed by atoms with E-state index in [1.165, 1.54) is 24.3 Å². The van der Waals surface area contributed by atoms with E-state index >= 15 is 0 Å². The van der Waals surface area contributed by atoms with Crippen LogP contribution in [0.1, 0.15) is 11.1 Å². The fourth-order valence-corrected chi connectivity index (χ4v) is 4.25. The zero-order valence-corrected chi connectivity index (χ0v) is 15.3. The van der Waals surface area contributed by atoms with Crippen molar-refractivity contribution in [3.05, 3.63) is 65.5 Å². The Hall–Kier alpha value is -2.12. The number of hydrogen-bond acceptors (Lipinski definition) is 3. The third kappa shape index (κ3) is 4.83. The molecule has 0 aromatic heterocycles. The van der Waals surface area contributed by atoms with Crippen LogP contribution in [0.4, 0.5) is 17.6 Å². The lowest BCUT2D eigenvalue weighted by atomic mass is 10.2. The fourth-order valence-electron chi connectivity index (χ4n) is 4.25. The van der Waals surface area contributed by atoms with Crippen LogP contribution in [0.15, 0.2) is 48.5 Å². The molecular formula is C21H22F4N2O. The number of likely N-dealkylation sites (tertiary alicyclic amines) is 1. The van der Waals surface area contributed by atoms with Gasteiger partial charge >= 0.3 is 6.36 Å². The molecule has 0 amide bonds. The lowest BCUT2D eigenvalue weighted by Crippen LogP contribution is -2.27. The van der Waals surface area contributed by atoms with Gasteiger partial charge < -0.3 is 10.1 Å². The smallest absolute Gasteiger partial charge is 0.406 e. The third-order valence-electron chi connectivity index (χ3n) is 5.61. The maximum Gasteiger partial charge on any atom is 0.573 e. The summed E-state index contributed by atoms with van der Waals surface area (Å²) in [4.78, 5) is 2.40. The van der Waals surface area contributed by atoms with Gasteiger partial charge in [0.05, 0.1) is 0 Å². The molecule has 1 saturated carbocycles. The summed E-state index contributed by atoms with van der Waals surface area (Å²) in [6.07, 6.45) is -4.67. The van der Waals surface area contributed by atoms with Crippen molar-refractivity contribution in [3.8, 4) is 5.75 Å². The van der Waals surface area contributed by atoms with Crippen LogP contribution in [0.2, 0.25) is 0 Å².